The minimum atomic E-state index is -0.286. The van der Waals surface area contributed by atoms with Gasteiger partial charge in [0, 0.05) is 5.70 Å². The highest BCUT2D eigenvalue weighted by molar-refractivity contribution is 6.33. The predicted molar refractivity (Wildman–Crippen MR) is 65.4 cm³/mol. The van der Waals surface area contributed by atoms with Crippen LogP contribution in [0.3, 0.4) is 0 Å². The molecule has 0 spiro atoms. The van der Waals surface area contributed by atoms with Gasteiger partial charge in [-0.2, -0.15) is 0 Å². The van der Waals surface area contributed by atoms with Crippen LogP contribution < -0.4 is 10.6 Å². The van der Waals surface area contributed by atoms with E-state index in [0.29, 0.717) is 10.7 Å². The molecule has 2 N–H and O–H groups in total. The van der Waals surface area contributed by atoms with Crippen LogP contribution in [0.1, 0.15) is 6.42 Å². The lowest BCUT2D eigenvalue weighted by Crippen LogP contribution is -2.27. The summed E-state index contributed by atoms with van der Waals surface area (Å²) >= 11 is 5.91. The van der Waals surface area contributed by atoms with Gasteiger partial charge in [-0.05, 0) is 24.6 Å². The first-order valence-corrected chi connectivity index (χ1v) is 5.33. The molecule has 0 unspecified atom stereocenters. The second kappa shape index (κ2) is 4.86. The first-order chi connectivity index (χ1) is 7.75. The van der Waals surface area contributed by atoms with E-state index < -0.39 is 0 Å². The molecule has 0 saturated carbocycles. The van der Waals surface area contributed by atoms with Crippen LogP contribution in [0.15, 0.2) is 48.2 Å². The van der Waals surface area contributed by atoms with Crippen LogP contribution in [0.5, 0.6) is 0 Å². The number of nitrogens with one attached hydrogen (secondary N) is 2. The Morgan fingerprint density at radius 1 is 1.25 bits per heavy atom. The van der Waals surface area contributed by atoms with E-state index in [4.69, 9.17) is 11.6 Å². The number of para-hydroxylation sites is 1. The smallest absolute Gasteiger partial charge is 0.308 e. The molecule has 0 aliphatic heterocycles. The molecular formula is C12H11ClN2O. The first-order valence-electron chi connectivity index (χ1n) is 4.95. The highest BCUT2D eigenvalue weighted by atomic mass is 35.5. The maximum Gasteiger partial charge on any atom is 0.323 e. The standard InChI is InChI=1S/C12H11ClN2O/c13-10-7-3-4-8-11(10)15-12(16)14-9-5-1-2-6-9/h1,3-8H,2H2,(H2,14,15,16). The van der Waals surface area contributed by atoms with Crippen molar-refractivity contribution in [1.82, 2.24) is 5.32 Å². The third kappa shape index (κ3) is 2.64. The molecule has 0 heterocycles. The second-order valence-corrected chi connectivity index (χ2v) is 3.76. The van der Waals surface area contributed by atoms with Crippen molar-refractivity contribution >= 4 is 23.3 Å². The molecule has 0 radical (unpaired) electrons. The monoisotopic (exact) mass is 234 g/mol. The lowest BCUT2D eigenvalue weighted by Gasteiger charge is -2.08. The number of carbonyl (C=O) groups is 1. The first kappa shape index (κ1) is 10.8. The van der Waals surface area contributed by atoms with E-state index in [0.717, 1.165) is 12.1 Å². The Balaban J connectivity index is 1.97. The zero-order valence-electron chi connectivity index (χ0n) is 8.53. The molecule has 0 aromatic heterocycles. The molecule has 16 heavy (non-hydrogen) atoms. The molecule has 3 nitrogen and oxygen atoms in total. The van der Waals surface area contributed by atoms with Gasteiger partial charge < -0.3 is 10.6 Å². The number of rotatable bonds is 2. The topological polar surface area (TPSA) is 41.1 Å². The van der Waals surface area contributed by atoms with Crippen molar-refractivity contribution in [1.29, 1.82) is 0 Å². The number of hydrogen-bond acceptors (Lipinski definition) is 1. The molecule has 0 atom stereocenters. The number of amides is 2. The molecule has 0 bridgehead atoms. The van der Waals surface area contributed by atoms with E-state index >= 15 is 0 Å². The summed E-state index contributed by atoms with van der Waals surface area (Å²) in [7, 11) is 0. The number of urea groups is 1. The van der Waals surface area contributed by atoms with Crippen molar-refractivity contribution in [3.63, 3.8) is 0 Å². The van der Waals surface area contributed by atoms with Crippen LogP contribution in [0.4, 0.5) is 10.5 Å². The summed E-state index contributed by atoms with van der Waals surface area (Å²) in [6.45, 7) is 0. The Hall–Kier alpha value is -1.74. The number of halogens is 1. The van der Waals surface area contributed by atoms with Gasteiger partial charge in [0.2, 0.25) is 0 Å². The Labute approximate surface area is 98.8 Å². The van der Waals surface area contributed by atoms with Gasteiger partial charge in [-0.1, -0.05) is 35.9 Å². The molecule has 0 fully saturated rings. The zero-order chi connectivity index (χ0) is 11.4. The molecule has 2 amide bonds. The minimum Gasteiger partial charge on any atom is -0.308 e. The Kier molecular flexibility index (Phi) is 3.27. The summed E-state index contributed by atoms with van der Waals surface area (Å²) in [5, 5.41) is 5.92. The van der Waals surface area contributed by atoms with Crippen molar-refractivity contribution in [2.45, 2.75) is 6.42 Å². The van der Waals surface area contributed by atoms with Crippen molar-refractivity contribution in [3.05, 3.63) is 53.2 Å². The fraction of sp³-hybridized carbons (Fsp3) is 0.0833. The van der Waals surface area contributed by atoms with E-state index in [-0.39, 0.29) is 6.03 Å². The molecule has 0 saturated heterocycles. The number of allylic oxidation sites excluding steroid dienone is 3. The highest BCUT2D eigenvalue weighted by Crippen LogP contribution is 2.20. The maximum atomic E-state index is 11.6. The summed E-state index contributed by atoms with van der Waals surface area (Å²) < 4.78 is 0. The second-order valence-electron chi connectivity index (χ2n) is 3.36. The summed E-state index contributed by atoms with van der Waals surface area (Å²) in [6, 6.07) is 6.82. The van der Waals surface area contributed by atoms with Crippen molar-refractivity contribution < 1.29 is 4.79 Å². The van der Waals surface area contributed by atoms with Gasteiger partial charge in [-0.15, -0.1) is 0 Å². The normalized spacial score (nSPS) is 13.4. The van der Waals surface area contributed by atoms with Crippen molar-refractivity contribution in [2.24, 2.45) is 0 Å². The highest BCUT2D eigenvalue weighted by Gasteiger charge is 2.06. The SMILES string of the molecule is O=C(NC1=CCC=C1)Nc1ccccc1Cl. The van der Waals surface area contributed by atoms with Gasteiger partial charge in [0.25, 0.3) is 0 Å². The number of anilines is 1. The third-order valence-corrected chi connectivity index (χ3v) is 2.48. The minimum absolute atomic E-state index is 0.286. The van der Waals surface area contributed by atoms with Crippen LogP contribution in [-0.4, -0.2) is 6.03 Å². The van der Waals surface area contributed by atoms with Gasteiger partial charge in [0.05, 0.1) is 10.7 Å². The average molecular weight is 235 g/mol. The average Bonchev–Trinajstić information content (AvgIpc) is 2.74. The number of benzene rings is 1. The van der Waals surface area contributed by atoms with E-state index in [9.17, 15) is 4.79 Å². The molecule has 1 aromatic carbocycles. The quantitative estimate of drug-likeness (QED) is 0.810. The molecule has 1 aliphatic carbocycles. The van der Waals surface area contributed by atoms with Gasteiger partial charge in [-0.25, -0.2) is 4.79 Å². The lowest BCUT2D eigenvalue weighted by molar-refractivity contribution is 0.254. The van der Waals surface area contributed by atoms with Crippen LogP contribution in [0.25, 0.3) is 0 Å². The van der Waals surface area contributed by atoms with Crippen LogP contribution in [-0.2, 0) is 0 Å². The predicted octanol–water partition coefficient (Wildman–Crippen LogP) is 3.31. The van der Waals surface area contributed by atoms with E-state index in [1.54, 1.807) is 12.1 Å². The summed E-state index contributed by atoms with van der Waals surface area (Å²) in [6.07, 6.45) is 6.64. The fourth-order valence-corrected chi connectivity index (χ4v) is 1.58. The molecule has 1 aliphatic rings. The largest absolute Gasteiger partial charge is 0.323 e. The Morgan fingerprint density at radius 3 is 2.75 bits per heavy atom. The van der Waals surface area contributed by atoms with Crippen LogP contribution >= 0.6 is 11.6 Å². The molecule has 4 heteroatoms. The van der Waals surface area contributed by atoms with Gasteiger partial charge in [0.15, 0.2) is 0 Å². The van der Waals surface area contributed by atoms with Crippen molar-refractivity contribution in [3.8, 4) is 0 Å². The summed E-state index contributed by atoms with van der Waals surface area (Å²) in [5.41, 5.74) is 1.41. The Bertz CT molecular complexity index is 466. The van der Waals surface area contributed by atoms with E-state index in [1.807, 2.05) is 30.4 Å². The third-order valence-electron chi connectivity index (χ3n) is 2.15. The zero-order valence-corrected chi connectivity index (χ0v) is 9.29. The van der Waals surface area contributed by atoms with Crippen LogP contribution in [0.2, 0.25) is 5.02 Å². The Morgan fingerprint density at radius 2 is 2.06 bits per heavy atom. The van der Waals surface area contributed by atoms with E-state index in [1.165, 1.54) is 0 Å². The summed E-state index contributed by atoms with van der Waals surface area (Å²) in [4.78, 5) is 11.6. The van der Waals surface area contributed by atoms with Gasteiger partial charge in [0.1, 0.15) is 0 Å². The van der Waals surface area contributed by atoms with Crippen LogP contribution in [0, 0.1) is 0 Å². The maximum absolute atomic E-state index is 11.6. The van der Waals surface area contributed by atoms with Gasteiger partial charge >= 0.3 is 6.03 Å². The molecular weight excluding hydrogens is 224 g/mol. The summed E-state index contributed by atoms with van der Waals surface area (Å²) in [5.74, 6) is 0. The molecule has 2 rings (SSSR count). The fourth-order valence-electron chi connectivity index (χ4n) is 1.40. The van der Waals surface area contributed by atoms with E-state index in [2.05, 4.69) is 10.6 Å². The molecule has 1 aromatic rings. The molecule has 82 valence electrons. The number of carbonyl (C=O) groups excluding carboxylic acids is 1. The van der Waals surface area contributed by atoms with Gasteiger partial charge in [-0.3, -0.25) is 0 Å². The lowest BCUT2D eigenvalue weighted by atomic mass is 10.3. The van der Waals surface area contributed by atoms with Crippen molar-refractivity contribution in [2.75, 3.05) is 5.32 Å². The number of hydrogen-bond donors (Lipinski definition) is 2.